The number of fused-ring (bicyclic) bond motifs is 3. The average molecular weight is 240 g/mol. The lowest BCUT2D eigenvalue weighted by atomic mass is 9.63. The van der Waals surface area contributed by atoms with Crippen LogP contribution in [-0.2, 0) is 11.8 Å². The first-order valence-corrected chi connectivity index (χ1v) is 6.69. The summed E-state index contributed by atoms with van der Waals surface area (Å²) in [6.45, 7) is 4.64. The van der Waals surface area contributed by atoms with Crippen LogP contribution in [0.2, 0.25) is 0 Å². The highest BCUT2D eigenvalue weighted by Gasteiger charge is 2.37. The van der Waals surface area contributed by atoms with E-state index in [1.807, 2.05) is 0 Å². The van der Waals surface area contributed by atoms with Gasteiger partial charge in [-0.15, -0.1) is 0 Å². The van der Waals surface area contributed by atoms with Gasteiger partial charge in [0.1, 0.15) is 5.75 Å². The monoisotopic (exact) mass is 240 g/mol. The molecule has 1 aromatic carbocycles. The molecule has 0 aliphatic heterocycles. The van der Waals surface area contributed by atoms with E-state index in [2.05, 4.69) is 44.2 Å². The van der Waals surface area contributed by atoms with E-state index in [0.29, 0.717) is 0 Å². The van der Waals surface area contributed by atoms with Crippen LogP contribution in [0, 0.1) is 0 Å². The van der Waals surface area contributed by atoms with E-state index in [1.165, 1.54) is 23.1 Å². The first kappa shape index (κ1) is 11.6. The number of ether oxygens (including phenoxy) is 1. The molecule has 1 heteroatoms. The number of allylic oxidation sites excluding steroid dienone is 4. The molecule has 0 heterocycles. The van der Waals surface area contributed by atoms with Crippen molar-refractivity contribution in [3.8, 4) is 5.75 Å². The maximum Gasteiger partial charge on any atom is 0.119 e. The molecule has 0 N–H and O–H groups in total. The first-order valence-electron chi connectivity index (χ1n) is 6.69. The maximum absolute atomic E-state index is 5.34. The summed E-state index contributed by atoms with van der Waals surface area (Å²) in [5.41, 5.74) is 6.25. The molecule has 0 radical (unpaired) electrons. The molecule has 0 spiro atoms. The van der Waals surface area contributed by atoms with E-state index in [0.717, 1.165) is 18.6 Å². The Balaban J connectivity index is 2.16. The summed E-state index contributed by atoms with van der Waals surface area (Å²) in [4.78, 5) is 0. The van der Waals surface area contributed by atoms with Crippen LogP contribution in [0.1, 0.15) is 37.8 Å². The molecule has 0 saturated carbocycles. The molecule has 1 nitrogen and oxygen atoms in total. The molecule has 0 unspecified atom stereocenters. The summed E-state index contributed by atoms with van der Waals surface area (Å²) < 4.78 is 5.34. The van der Waals surface area contributed by atoms with Crippen LogP contribution in [0.25, 0.3) is 0 Å². The predicted molar refractivity (Wildman–Crippen MR) is 75.1 cm³/mol. The van der Waals surface area contributed by atoms with Crippen molar-refractivity contribution in [1.29, 1.82) is 0 Å². The van der Waals surface area contributed by atoms with Gasteiger partial charge >= 0.3 is 0 Å². The zero-order chi connectivity index (χ0) is 12.8. The largest absolute Gasteiger partial charge is 0.497 e. The smallest absolute Gasteiger partial charge is 0.119 e. The summed E-state index contributed by atoms with van der Waals surface area (Å²) in [7, 11) is 1.74. The predicted octanol–water partition coefficient (Wildman–Crippen LogP) is 4.18. The third-order valence-electron chi connectivity index (χ3n) is 4.59. The lowest BCUT2D eigenvalue weighted by Gasteiger charge is -2.41. The Bertz CT molecular complexity index is 551. The van der Waals surface area contributed by atoms with Crippen LogP contribution in [0.4, 0.5) is 0 Å². The summed E-state index contributed by atoms with van der Waals surface area (Å²) >= 11 is 0. The van der Waals surface area contributed by atoms with Gasteiger partial charge in [-0.3, -0.25) is 0 Å². The topological polar surface area (TPSA) is 9.23 Å². The summed E-state index contributed by atoms with van der Waals surface area (Å²) in [5.74, 6) is 0.979. The number of methoxy groups -OCH3 is 1. The van der Waals surface area contributed by atoms with E-state index in [4.69, 9.17) is 4.74 Å². The maximum atomic E-state index is 5.34. The highest BCUT2D eigenvalue weighted by atomic mass is 16.5. The SMILES string of the molecule is COc1ccc2c(c1)CCC1=C(C)C=CC[C@@]12C. The van der Waals surface area contributed by atoms with E-state index in [1.54, 1.807) is 12.7 Å². The van der Waals surface area contributed by atoms with Crippen molar-refractivity contribution in [3.63, 3.8) is 0 Å². The molecular formula is C17H20O. The van der Waals surface area contributed by atoms with Gasteiger partial charge in [-0.1, -0.05) is 36.3 Å². The molecule has 2 aliphatic carbocycles. The minimum absolute atomic E-state index is 0.207. The lowest BCUT2D eigenvalue weighted by Crippen LogP contribution is -2.32. The molecule has 0 bridgehead atoms. The van der Waals surface area contributed by atoms with Gasteiger partial charge in [0.15, 0.2) is 0 Å². The average Bonchev–Trinajstić information content (AvgIpc) is 2.38. The number of hydrogen-bond acceptors (Lipinski definition) is 1. The number of hydrogen-bond donors (Lipinski definition) is 0. The number of benzene rings is 1. The zero-order valence-corrected chi connectivity index (χ0v) is 11.4. The van der Waals surface area contributed by atoms with Gasteiger partial charge in [0, 0.05) is 5.41 Å². The van der Waals surface area contributed by atoms with Crippen molar-refractivity contribution in [1.82, 2.24) is 0 Å². The summed E-state index contributed by atoms with van der Waals surface area (Å²) in [6, 6.07) is 6.57. The normalized spacial score (nSPS) is 25.7. The second-order valence-corrected chi connectivity index (χ2v) is 5.62. The molecule has 0 amide bonds. The molecule has 94 valence electrons. The van der Waals surface area contributed by atoms with Crippen LogP contribution in [0.3, 0.4) is 0 Å². The minimum Gasteiger partial charge on any atom is -0.497 e. The van der Waals surface area contributed by atoms with E-state index in [-0.39, 0.29) is 5.41 Å². The van der Waals surface area contributed by atoms with Gasteiger partial charge in [0.25, 0.3) is 0 Å². The van der Waals surface area contributed by atoms with Crippen LogP contribution >= 0.6 is 0 Å². The fourth-order valence-corrected chi connectivity index (χ4v) is 3.58. The van der Waals surface area contributed by atoms with Crippen molar-refractivity contribution in [2.45, 2.75) is 38.5 Å². The molecule has 18 heavy (non-hydrogen) atoms. The molecular weight excluding hydrogens is 220 g/mol. The molecule has 1 aromatic rings. The summed E-state index contributed by atoms with van der Waals surface area (Å²) in [5, 5.41) is 0. The Hall–Kier alpha value is -1.50. The van der Waals surface area contributed by atoms with Crippen molar-refractivity contribution >= 4 is 0 Å². The molecule has 3 rings (SSSR count). The summed E-state index contributed by atoms with van der Waals surface area (Å²) in [6.07, 6.45) is 8.05. The highest BCUT2D eigenvalue weighted by molar-refractivity contribution is 5.52. The van der Waals surface area contributed by atoms with Crippen LogP contribution in [0.5, 0.6) is 5.75 Å². The molecule has 0 fully saturated rings. The minimum atomic E-state index is 0.207. The Morgan fingerprint density at radius 2 is 2.06 bits per heavy atom. The van der Waals surface area contributed by atoms with Gasteiger partial charge in [-0.05, 0) is 49.4 Å². The second-order valence-electron chi connectivity index (χ2n) is 5.62. The zero-order valence-electron chi connectivity index (χ0n) is 11.4. The third kappa shape index (κ3) is 1.53. The van der Waals surface area contributed by atoms with Gasteiger partial charge < -0.3 is 4.74 Å². The van der Waals surface area contributed by atoms with Gasteiger partial charge in [-0.25, -0.2) is 0 Å². The Morgan fingerprint density at radius 1 is 1.22 bits per heavy atom. The quantitative estimate of drug-likeness (QED) is 0.715. The Kier molecular flexibility index (Phi) is 2.58. The van der Waals surface area contributed by atoms with E-state index >= 15 is 0 Å². The van der Waals surface area contributed by atoms with E-state index in [9.17, 15) is 0 Å². The Morgan fingerprint density at radius 3 is 2.83 bits per heavy atom. The van der Waals surface area contributed by atoms with Gasteiger partial charge in [0.2, 0.25) is 0 Å². The third-order valence-corrected chi connectivity index (χ3v) is 4.59. The molecule has 2 aliphatic rings. The van der Waals surface area contributed by atoms with Gasteiger partial charge in [0.05, 0.1) is 7.11 Å². The van der Waals surface area contributed by atoms with Crippen molar-refractivity contribution in [2.75, 3.05) is 7.11 Å². The van der Waals surface area contributed by atoms with E-state index < -0.39 is 0 Å². The number of aryl methyl sites for hydroxylation is 1. The fraction of sp³-hybridized carbons (Fsp3) is 0.412. The fourth-order valence-electron chi connectivity index (χ4n) is 3.58. The highest BCUT2D eigenvalue weighted by Crippen LogP contribution is 2.47. The molecule has 1 atom stereocenters. The van der Waals surface area contributed by atoms with Crippen LogP contribution in [0.15, 0.2) is 41.5 Å². The van der Waals surface area contributed by atoms with Crippen molar-refractivity contribution in [3.05, 3.63) is 52.6 Å². The van der Waals surface area contributed by atoms with Crippen LogP contribution < -0.4 is 4.74 Å². The van der Waals surface area contributed by atoms with Crippen LogP contribution in [-0.4, -0.2) is 7.11 Å². The second kappa shape index (κ2) is 4.01. The van der Waals surface area contributed by atoms with Crippen molar-refractivity contribution < 1.29 is 4.74 Å². The van der Waals surface area contributed by atoms with Crippen molar-refractivity contribution in [2.24, 2.45) is 0 Å². The lowest BCUT2D eigenvalue weighted by molar-refractivity contribution is 0.412. The number of rotatable bonds is 1. The molecule has 0 aromatic heterocycles. The standard InChI is InChI=1S/C17H20O/c1-12-5-4-10-17(2)15(12)8-6-13-11-14(18-3)7-9-16(13)17/h4-5,7,9,11H,6,8,10H2,1-3H3/t17-/m0/s1. The first-order chi connectivity index (χ1) is 8.65. The molecule has 0 saturated heterocycles. The Labute approximate surface area is 109 Å². The van der Waals surface area contributed by atoms with Gasteiger partial charge in [-0.2, -0.15) is 0 Å².